The first-order valence-corrected chi connectivity index (χ1v) is 8.87. The number of carbonyl (C=O) groups excluding carboxylic acids is 1. The zero-order valence-electron chi connectivity index (χ0n) is 15.7. The van der Waals surface area contributed by atoms with Crippen LogP contribution in [0.3, 0.4) is 0 Å². The maximum Gasteiger partial charge on any atom is 0.253 e. The van der Waals surface area contributed by atoms with Crippen LogP contribution in [0, 0.1) is 0 Å². The molecule has 0 spiro atoms. The Balaban J connectivity index is 1.61. The minimum Gasteiger partial charge on any atom is -0.497 e. The maximum atomic E-state index is 12.5. The molecule has 1 aliphatic heterocycles. The fourth-order valence-corrected chi connectivity index (χ4v) is 3.19. The Hall–Kier alpha value is -3.48. The van der Waals surface area contributed by atoms with E-state index in [1.54, 1.807) is 24.1 Å². The van der Waals surface area contributed by atoms with Gasteiger partial charge in [0.15, 0.2) is 11.5 Å². The van der Waals surface area contributed by atoms with E-state index < -0.39 is 0 Å². The molecule has 0 atom stereocenters. The topological polar surface area (TPSA) is 80.9 Å². The molecule has 2 heterocycles. The van der Waals surface area contributed by atoms with Crippen LogP contribution in [0.15, 0.2) is 47.3 Å². The number of rotatable bonds is 5. The predicted molar refractivity (Wildman–Crippen MR) is 104 cm³/mol. The molecular weight excluding hydrogens is 360 g/mol. The van der Waals surface area contributed by atoms with Gasteiger partial charge in [-0.1, -0.05) is 12.1 Å². The summed E-state index contributed by atoms with van der Waals surface area (Å²) in [6.45, 7) is 2.28. The van der Waals surface area contributed by atoms with Gasteiger partial charge in [-0.3, -0.25) is 9.59 Å². The van der Waals surface area contributed by atoms with Gasteiger partial charge in [-0.15, -0.1) is 0 Å². The van der Waals surface area contributed by atoms with Gasteiger partial charge in [0.05, 0.1) is 19.2 Å². The third-order valence-corrected chi connectivity index (χ3v) is 4.75. The Bertz CT molecular complexity index is 1090. The number of nitrogens with zero attached hydrogens (tertiary/aromatic N) is 1. The van der Waals surface area contributed by atoms with E-state index in [0.29, 0.717) is 29.1 Å². The number of nitrogens with one attached hydrogen (secondary N) is 1. The second kappa shape index (κ2) is 7.26. The average Bonchev–Trinajstić information content (AvgIpc) is 3.14. The number of aromatic amines is 1. The highest BCUT2D eigenvalue weighted by Gasteiger charge is 2.17. The van der Waals surface area contributed by atoms with Crippen LogP contribution in [0.4, 0.5) is 0 Å². The van der Waals surface area contributed by atoms with Crippen molar-refractivity contribution in [2.75, 3.05) is 13.9 Å². The third-order valence-electron chi connectivity index (χ3n) is 4.75. The molecule has 144 valence electrons. The lowest BCUT2D eigenvalue weighted by Gasteiger charge is -2.21. The monoisotopic (exact) mass is 380 g/mol. The Labute approximate surface area is 161 Å². The Kier molecular flexibility index (Phi) is 4.65. The van der Waals surface area contributed by atoms with E-state index in [1.165, 1.54) is 6.92 Å². The van der Waals surface area contributed by atoms with Gasteiger partial charge in [-0.25, -0.2) is 0 Å². The molecule has 0 saturated heterocycles. The van der Waals surface area contributed by atoms with Crippen molar-refractivity contribution in [2.24, 2.45) is 0 Å². The van der Waals surface area contributed by atoms with Crippen molar-refractivity contribution in [2.45, 2.75) is 20.0 Å². The van der Waals surface area contributed by atoms with E-state index >= 15 is 0 Å². The molecule has 7 nitrogen and oxygen atoms in total. The zero-order chi connectivity index (χ0) is 19.7. The fraction of sp³-hybridized carbons (Fsp3) is 0.238. The maximum absolute atomic E-state index is 12.5. The zero-order valence-corrected chi connectivity index (χ0v) is 15.7. The third kappa shape index (κ3) is 3.51. The van der Waals surface area contributed by atoms with Crippen molar-refractivity contribution in [1.82, 2.24) is 9.88 Å². The van der Waals surface area contributed by atoms with E-state index in [0.717, 1.165) is 16.7 Å². The van der Waals surface area contributed by atoms with Gasteiger partial charge in [0, 0.05) is 30.5 Å². The van der Waals surface area contributed by atoms with Crippen LogP contribution in [0.2, 0.25) is 0 Å². The van der Waals surface area contributed by atoms with Gasteiger partial charge in [-0.2, -0.15) is 0 Å². The van der Waals surface area contributed by atoms with E-state index in [1.807, 2.05) is 30.3 Å². The van der Waals surface area contributed by atoms with Gasteiger partial charge >= 0.3 is 0 Å². The lowest BCUT2D eigenvalue weighted by Crippen LogP contribution is -2.30. The smallest absolute Gasteiger partial charge is 0.253 e. The van der Waals surface area contributed by atoms with E-state index in [9.17, 15) is 9.59 Å². The average molecular weight is 380 g/mol. The van der Waals surface area contributed by atoms with Crippen LogP contribution < -0.4 is 19.8 Å². The number of hydrogen-bond acceptors (Lipinski definition) is 5. The van der Waals surface area contributed by atoms with E-state index in [-0.39, 0.29) is 24.8 Å². The van der Waals surface area contributed by atoms with Gasteiger partial charge < -0.3 is 24.1 Å². The van der Waals surface area contributed by atoms with Crippen LogP contribution in [-0.4, -0.2) is 29.7 Å². The van der Waals surface area contributed by atoms with Crippen molar-refractivity contribution >= 4 is 16.8 Å². The number of benzene rings is 2. The molecule has 4 rings (SSSR count). The molecule has 0 bridgehead atoms. The molecule has 3 aromatic rings. The fourth-order valence-electron chi connectivity index (χ4n) is 3.19. The molecule has 7 heteroatoms. The van der Waals surface area contributed by atoms with Gasteiger partial charge in [-0.05, 0) is 29.8 Å². The summed E-state index contributed by atoms with van der Waals surface area (Å²) in [6, 6.07) is 12.9. The van der Waals surface area contributed by atoms with Crippen molar-refractivity contribution < 1.29 is 19.0 Å². The largest absolute Gasteiger partial charge is 0.497 e. The van der Waals surface area contributed by atoms with Crippen molar-refractivity contribution in [3.8, 4) is 17.2 Å². The second-order valence-electron chi connectivity index (χ2n) is 6.64. The van der Waals surface area contributed by atoms with Crippen molar-refractivity contribution in [3.63, 3.8) is 0 Å². The summed E-state index contributed by atoms with van der Waals surface area (Å²) < 4.78 is 15.9. The Morgan fingerprint density at radius 2 is 1.82 bits per heavy atom. The number of amides is 1. The summed E-state index contributed by atoms with van der Waals surface area (Å²) >= 11 is 0. The first-order chi connectivity index (χ1) is 13.5. The van der Waals surface area contributed by atoms with Crippen molar-refractivity contribution in [3.05, 3.63) is 63.9 Å². The number of aromatic nitrogens is 1. The quantitative estimate of drug-likeness (QED) is 0.736. The standard InChI is InChI=1S/C21H20N2O5/c1-13(24)23(10-14-3-5-17(26-2)6-4-14)11-16-7-15-8-19-20(28-12-27-19)9-18(15)22-21(16)25/h3-9H,10-12H2,1-2H3,(H,22,25). The molecule has 28 heavy (non-hydrogen) atoms. The minimum atomic E-state index is -0.229. The molecule has 1 aliphatic rings. The molecule has 0 aliphatic carbocycles. The molecule has 0 fully saturated rings. The lowest BCUT2D eigenvalue weighted by atomic mass is 10.1. The Morgan fingerprint density at radius 1 is 1.11 bits per heavy atom. The van der Waals surface area contributed by atoms with Gasteiger partial charge in [0.1, 0.15) is 5.75 Å². The highest BCUT2D eigenvalue weighted by atomic mass is 16.7. The number of ether oxygens (including phenoxy) is 3. The van der Waals surface area contributed by atoms with Crippen LogP contribution in [-0.2, 0) is 17.9 Å². The molecular formula is C21H20N2O5. The molecule has 1 amide bonds. The second-order valence-corrected chi connectivity index (χ2v) is 6.64. The van der Waals surface area contributed by atoms with Gasteiger partial charge in [0.25, 0.3) is 5.56 Å². The summed E-state index contributed by atoms with van der Waals surface area (Å²) in [5.74, 6) is 1.90. The highest BCUT2D eigenvalue weighted by Crippen LogP contribution is 2.35. The molecule has 1 N–H and O–H groups in total. The van der Waals surface area contributed by atoms with Crippen LogP contribution >= 0.6 is 0 Å². The number of fused-ring (bicyclic) bond motifs is 2. The number of carbonyl (C=O) groups is 1. The van der Waals surface area contributed by atoms with Crippen LogP contribution in [0.25, 0.3) is 10.9 Å². The lowest BCUT2D eigenvalue weighted by molar-refractivity contribution is -0.130. The first-order valence-electron chi connectivity index (χ1n) is 8.87. The van der Waals surface area contributed by atoms with Crippen molar-refractivity contribution in [1.29, 1.82) is 0 Å². The van der Waals surface area contributed by atoms with Crippen LogP contribution in [0.1, 0.15) is 18.1 Å². The van der Waals surface area contributed by atoms with Gasteiger partial charge in [0.2, 0.25) is 12.7 Å². The normalized spacial score (nSPS) is 12.2. The Morgan fingerprint density at radius 3 is 2.50 bits per heavy atom. The van der Waals surface area contributed by atoms with Crippen LogP contribution in [0.5, 0.6) is 17.2 Å². The molecule has 0 saturated carbocycles. The van der Waals surface area contributed by atoms with E-state index in [4.69, 9.17) is 14.2 Å². The summed E-state index contributed by atoms with van der Waals surface area (Å²) in [5, 5.41) is 0.826. The summed E-state index contributed by atoms with van der Waals surface area (Å²) in [4.78, 5) is 29.2. The highest BCUT2D eigenvalue weighted by molar-refractivity contribution is 5.83. The predicted octanol–water partition coefficient (Wildman–Crippen LogP) is 2.81. The number of H-pyrrole nitrogens is 1. The number of hydrogen-bond donors (Lipinski definition) is 1. The summed E-state index contributed by atoms with van der Waals surface area (Å²) in [6.07, 6.45) is 0. The summed E-state index contributed by atoms with van der Waals surface area (Å²) in [5.41, 5.74) is 1.90. The molecule has 0 unspecified atom stereocenters. The van der Waals surface area contributed by atoms with E-state index in [2.05, 4.69) is 4.98 Å². The SMILES string of the molecule is COc1ccc(CN(Cc2cc3cc4c(cc3[nH]c2=O)OCO4)C(C)=O)cc1. The number of pyridine rings is 1. The molecule has 1 aromatic heterocycles. The molecule has 0 radical (unpaired) electrons. The minimum absolute atomic E-state index is 0.110. The molecule has 2 aromatic carbocycles. The number of methoxy groups -OCH3 is 1. The first kappa shape index (κ1) is 17.9. The summed E-state index contributed by atoms with van der Waals surface area (Å²) in [7, 11) is 1.61.